The SMILES string of the molecule is OB(O)c1ccc2c(c1)c1ccccc1n2-c1nc(-c2ccccc2)c2oc3ccc4ccccc4c3c2n1. The molecule has 0 amide bonds. The van der Waals surface area contributed by atoms with Gasteiger partial charge in [0, 0.05) is 16.3 Å². The standard InChI is InChI=1S/C32H20BN3O3/c37-33(38)21-15-16-26-24(18-21)23-12-6-7-13-25(23)36(26)32-34-29(20-9-2-1-3-10-20)31-30(35-32)28-22-11-5-4-8-19(22)14-17-27(28)39-31/h1-18,37-38H. The van der Waals surface area contributed by atoms with Crippen molar-refractivity contribution in [1.29, 1.82) is 0 Å². The van der Waals surface area contributed by atoms with Gasteiger partial charge in [-0.15, -0.1) is 0 Å². The molecule has 5 aromatic carbocycles. The van der Waals surface area contributed by atoms with E-state index in [0.29, 0.717) is 22.7 Å². The molecule has 7 heteroatoms. The van der Waals surface area contributed by atoms with E-state index in [0.717, 1.165) is 54.6 Å². The first-order valence-electron chi connectivity index (χ1n) is 12.7. The van der Waals surface area contributed by atoms with Gasteiger partial charge in [-0.05, 0) is 34.4 Å². The maximum absolute atomic E-state index is 9.84. The van der Waals surface area contributed by atoms with Crippen molar-refractivity contribution in [3.63, 3.8) is 0 Å². The van der Waals surface area contributed by atoms with E-state index in [-0.39, 0.29) is 0 Å². The Morgan fingerprint density at radius 2 is 1.41 bits per heavy atom. The topological polar surface area (TPSA) is 84.3 Å². The van der Waals surface area contributed by atoms with Gasteiger partial charge in [-0.2, -0.15) is 0 Å². The first-order chi connectivity index (χ1) is 19.2. The van der Waals surface area contributed by atoms with Crippen molar-refractivity contribution in [2.45, 2.75) is 0 Å². The van der Waals surface area contributed by atoms with E-state index in [1.54, 1.807) is 6.07 Å². The average molecular weight is 505 g/mol. The summed E-state index contributed by atoms with van der Waals surface area (Å²) in [5, 5.41) is 24.7. The molecule has 3 aromatic heterocycles. The molecular weight excluding hydrogens is 485 g/mol. The van der Waals surface area contributed by atoms with Gasteiger partial charge in [0.25, 0.3) is 0 Å². The van der Waals surface area contributed by atoms with E-state index in [1.165, 1.54) is 0 Å². The molecule has 0 aliphatic carbocycles. The minimum Gasteiger partial charge on any atom is -0.452 e. The molecule has 0 unspecified atom stereocenters. The van der Waals surface area contributed by atoms with Crippen molar-refractivity contribution in [2.24, 2.45) is 0 Å². The lowest BCUT2D eigenvalue weighted by molar-refractivity contribution is 0.426. The smallest absolute Gasteiger partial charge is 0.452 e. The Morgan fingerprint density at radius 1 is 0.667 bits per heavy atom. The van der Waals surface area contributed by atoms with E-state index in [9.17, 15) is 10.0 Å². The zero-order valence-corrected chi connectivity index (χ0v) is 20.6. The number of hydrogen-bond acceptors (Lipinski definition) is 5. The van der Waals surface area contributed by atoms with Crippen LogP contribution in [0.2, 0.25) is 0 Å². The van der Waals surface area contributed by atoms with Crippen LogP contribution in [-0.4, -0.2) is 31.7 Å². The molecule has 8 aromatic rings. The molecule has 0 atom stereocenters. The average Bonchev–Trinajstić information content (AvgIpc) is 3.53. The number of fused-ring (bicyclic) bond motifs is 8. The van der Waals surface area contributed by atoms with E-state index >= 15 is 0 Å². The van der Waals surface area contributed by atoms with Crippen molar-refractivity contribution >= 4 is 67.2 Å². The Kier molecular flexibility index (Phi) is 4.67. The summed E-state index contributed by atoms with van der Waals surface area (Å²) in [5.74, 6) is 0.514. The summed E-state index contributed by atoms with van der Waals surface area (Å²) < 4.78 is 8.48. The molecule has 0 fully saturated rings. The van der Waals surface area contributed by atoms with Crippen LogP contribution in [-0.2, 0) is 0 Å². The molecule has 0 aliphatic rings. The Morgan fingerprint density at radius 3 is 2.26 bits per heavy atom. The summed E-state index contributed by atoms with van der Waals surface area (Å²) in [6.07, 6.45) is 0. The van der Waals surface area contributed by atoms with Gasteiger partial charge >= 0.3 is 7.12 Å². The van der Waals surface area contributed by atoms with Gasteiger partial charge in [-0.25, -0.2) is 9.97 Å². The highest BCUT2D eigenvalue weighted by molar-refractivity contribution is 6.59. The summed E-state index contributed by atoms with van der Waals surface area (Å²) in [5.41, 5.74) is 6.02. The summed E-state index contributed by atoms with van der Waals surface area (Å²) >= 11 is 0. The summed E-state index contributed by atoms with van der Waals surface area (Å²) in [6.45, 7) is 0. The minimum atomic E-state index is -1.56. The third-order valence-corrected chi connectivity index (χ3v) is 7.44. The Hall–Kier alpha value is -4.98. The maximum atomic E-state index is 9.84. The number of benzene rings is 5. The van der Waals surface area contributed by atoms with E-state index in [4.69, 9.17) is 14.4 Å². The number of rotatable bonds is 3. The van der Waals surface area contributed by atoms with Crippen LogP contribution in [0.3, 0.4) is 0 Å². The monoisotopic (exact) mass is 505 g/mol. The highest BCUT2D eigenvalue weighted by Gasteiger charge is 2.22. The third kappa shape index (κ3) is 3.24. The molecule has 39 heavy (non-hydrogen) atoms. The molecule has 0 bridgehead atoms. The van der Waals surface area contributed by atoms with Crippen LogP contribution in [0.1, 0.15) is 0 Å². The number of nitrogens with zero attached hydrogens (tertiary/aromatic N) is 3. The quantitative estimate of drug-likeness (QED) is 0.289. The highest BCUT2D eigenvalue weighted by Crippen LogP contribution is 2.39. The zero-order chi connectivity index (χ0) is 26.1. The van der Waals surface area contributed by atoms with Gasteiger partial charge < -0.3 is 14.5 Å². The van der Waals surface area contributed by atoms with Gasteiger partial charge in [-0.1, -0.05) is 91.0 Å². The van der Waals surface area contributed by atoms with Crippen LogP contribution in [0.25, 0.3) is 71.9 Å². The molecule has 0 saturated carbocycles. The van der Waals surface area contributed by atoms with Crippen LogP contribution in [0.15, 0.2) is 114 Å². The zero-order valence-electron chi connectivity index (χ0n) is 20.6. The molecule has 3 heterocycles. The molecule has 184 valence electrons. The first-order valence-corrected chi connectivity index (χ1v) is 12.7. The fourth-order valence-corrected chi connectivity index (χ4v) is 5.65. The molecule has 0 radical (unpaired) electrons. The second kappa shape index (κ2) is 8.26. The van der Waals surface area contributed by atoms with E-state index in [1.807, 2.05) is 89.5 Å². The van der Waals surface area contributed by atoms with Gasteiger partial charge in [0.15, 0.2) is 5.58 Å². The van der Waals surface area contributed by atoms with Gasteiger partial charge in [0.2, 0.25) is 5.95 Å². The number of hydrogen-bond donors (Lipinski definition) is 2. The molecule has 0 saturated heterocycles. The molecule has 6 nitrogen and oxygen atoms in total. The number of furan rings is 1. The van der Waals surface area contributed by atoms with Gasteiger partial charge in [0.05, 0.1) is 16.4 Å². The van der Waals surface area contributed by atoms with E-state index < -0.39 is 7.12 Å². The molecular formula is C32H20BN3O3. The summed E-state index contributed by atoms with van der Waals surface area (Å²) in [7, 11) is -1.56. The Balaban J connectivity index is 1.54. The van der Waals surface area contributed by atoms with Crippen molar-refractivity contribution in [1.82, 2.24) is 14.5 Å². The number of para-hydroxylation sites is 1. The second-order valence-corrected chi connectivity index (χ2v) is 9.68. The van der Waals surface area contributed by atoms with Crippen LogP contribution in [0, 0.1) is 0 Å². The van der Waals surface area contributed by atoms with Crippen LogP contribution >= 0.6 is 0 Å². The summed E-state index contributed by atoms with van der Waals surface area (Å²) in [6, 6.07) is 35.8. The maximum Gasteiger partial charge on any atom is 0.488 e. The van der Waals surface area contributed by atoms with Crippen LogP contribution in [0.5, 0.6) is 0 Å². The fraction of sp³-hybridized carbons (Fsp3) is 0. The fourth-order valence-electron chi connectivity index (χ4n) is 5.65. The molecule has 2 N–H and O–H groups in total. The van der Waals surface area contributed by atoms with Gasteiger partial charge in [0.1, 0.15) is 16.8 Å². The largest absolute Gasteiger partial charge is 0.488 e. The highest BCUT2D eigenvalue weighted by atomic mass is 16.4. The lowest BCUT2D eigenvalue weighted by atomic mass is 9.80. The lowest BCUT2D eigenvalue weighted by Gasteiger charge is -2.09. The summed E-state index contributed by atoms with van der Waals surface area (Å²) in [4.78, 5) is 10.3. The van der Waals surface area contributed by atoms with Crippen molar-refractivity contribution in [3.05, 3.63) is 109 Å². The van der Waals surface area contributed by atoms with Crippen LogP contribution < -0.4 is 5.46 Å². The third-order valence-electron chi connectivity index (χ3n) is 7.44. The number of aromatic nitrogens is 3. The molecule has 0 spiro atoms. The van der Waals surface area contributed by atoms with Crippen molar-refractivity contribution < 1.29 is 14.5 Å². The Labute approximate surface area is 222 Å². The Bertz CT molecular complexity index is 2220. The first kappa shape index (κ1) is 22.0. The van der Waals surface area contributed by atoms with E-state index in [2.05, 4.69) is 18.2 Å². The van der Waals surface area contributed by atoms with Crippen molar-refractivity contribution in [2.75, 3.05) is 0 Å². The van der Waals surface area contributed by atoms with Crippen LogP contribution in [0.4, 0.5) is 0 Å². The predicted molar refractivity (Wildman–Crippen MR) is 156 cm³/mol. The predicted octanol–water partition coefficient (Wildman–Crippen LogP) is 5.97. The van der Waals surface area contributed by atoms with Crippen molar-refractivity contribution in [3.8, 4) is 17.2 Å². The lowest BCUT2D eigenvalue weighted by Crippen LogP contribution is -2.29. The minimum absolute atomic E-state index is 0.430. The van der Waals surface area contributed by atoms with Gasteiger partial charge in [-0.3, -0.25) is 4.57 Å². The molecule has 0 aliphatic heterocycles. The normalized spacial score (nSPS) is 11.8. The molecule has 8 rings (SSSR count). The second-order valence-electron chi connectivity index (χ2n) is 9.68.